The molecule has 2 unspecified atom stereocenters. The van der Waals surface area contributed by atoms with Crippen LogP contribution in [0.5, 0.6) is 0 Å². The van der Waals surface area contributed by atoms with Crippen molar-refractivity contribution in [1.82, 2.24) is 10.3 Å². The number of methoxy groups -OCH3 is 1. The fourth-order valence-corrected chi connectivity index (χ4v) is 4.63. The van der Waals surface area contributed by atoms with Crippen LogP contribution in [0.2, 0.25) is 0 Å². The number of nitrogens with one attached hydrogen (secondary N) is 1. The van der Waals surface area contributed by atoms with E-state index in [1.54, 1.807) is 7.11 Å². The van der Waals surface area contributed by atoms with Gasteiger partial charge in [-0.15, -0.1) is 11.3 Å². The van der Waals surface area contributed by atoms with E-state index in [0.717, 1.165) is 18.0 Å². The third kappa shape index (κ3) is 3.85. The third-order valence-corrected chi connectivity index (χ3v) is 5.48. The van der Waals surface area contributed by atoms with Crippen LogP contribution in [-0.2, 0) is 11.2 Å². The van der Waals surface area contributed by atoms with Gasteiger partial charge in [0, 0.05) is 18.0 Å². The Labute approximate surface area is 133 Å². The summed E-state index contributed by atoms with van der Waals surface area (Å²) >= 11 is 1.86. The Hall–Kier alpha value is -0.450. The molecule has 0 fully saturated rings. The minimum absolute atomic E-state index is 0.121. The summed E-state index contributed by atoms with van der Waals surface area (Å²) in [5.41, 5.74) is 1.62. The molecular formula is C17H30N2OS. The molecule has 4 heteroatoms. The molecule has 0 bridgehead atoms. The predicted octanol–water partition coefficient (Wildman–Crippen LogP) is 4.50. The third-order valence-electron chi connectivity index (χ3n) is 4.21. The molecule has 1 aliphatic rings. The van der Waals surface area contributed by atoms with Gasteiger partial charge >= 0.3 is 0 Å². The number of hydrogen-bond acceptors (Lipinski definition) is 4. The van der Waals surface area contributed by atoms with Crippen LogP contribution in [-0.4, -0.2) is 18.6 Å². The van der Waals surface area contributed by atoms with E-state index in [-0.39, 0.29) is 6.10 Å². The molecule has 21 heavy (non-hydrogen) atoms. The molecule has 0 saturated heterocycles. The van der Waals surface area contributed by atoms with Gasteiger partial charge in [-0.2, -0.15) is 0 Å². The first-order valence-electron chi connectivity index (χ1n) is 8.13. The Morgan fingerprint density at radius 2 is 2.14 bits per heavy atom. The summed E-state index contributed by atoms with van der Waals surface area (Å²) in [7, 11) is 1.79. The fourth-order valence-electron chi connectivity index (χ4n) is 3.22. The smallest absolute Gasteiger partial charge is 0.122 e. The van der Waals surface area contributed by atoms with E-state index in [0.29, 0.717) is 17.4 Å². The zero-order chi connectivity index (χ0) is 15.6. The van der Waals surface area contributed by atoms with E-state index in [4.69, 9.17) is 9.72 Å². The van der Waals surface area contributed by atoms with Crippen LogP contribution < -0.4 is 5.32 Å². The van der Waals surface area contributed by atoms with Crippen LogP contribution in [0, 0.1) is 11.3 Å². The lowest BCUT2D eigenvalue weighted by molar-refractivity contribution is 0.0642. The number of nitrogens with zero attached hydrogens (tertiary/aromatic N) is 1. The molecule has 0 amide bonds. The highest BCUT2D eigenvalue weighted by molar-refractivity contribution is 7.11. The van der Waals surface area contributed by atoms with Crippen molar-refractivity contribution >= 4 is 11.3 Å². The molecule has 0 saturated carbocycles. The van der Waals surface area contributed by atoms with Gasteiger partial charge in [-0.25, -0.2) is 4.98 Å². The average molecular weight is 311 g/mol. The molecule has 1 N–H and O–H groups in total. The highest BCUT2D eigenvalue weighted by Crippen LogP contribution is 2.44. The van der Waals surface area contributed by atoms with Crippen molar-refractivity contribution < 1.29 is 4.74 Å². The molecule has 1 aromatic rings. The second-order valence-electron chi connectivity index (χ2n) is 7.32. The summed E-state index contributed by atoms with van der Waals surface area (Å²) < 4.78 is 5.67. The van der Waals surface area contributed by atoms with Gasteiger partial charge in [0.05, 0.1) is 5.69 Å². The van der Waals surface area contributed by atoms with Crippen LogP contribution in [0.4, 0.5) is 0 Å². The van der Waals surface area contributed by atoms with Crippen molar-refractivity contribution in [3.05, 3.63) is 15.6 Å². The van der Waals surface area contributed by atoms with Gasteiger partial charge in [-0.1, -0.05) is 34.6 Å². The summed E-state index contributed by atoms with van der Waals surface area (Å²) in [5.74, 6) is 0.456. The van der Waals surface area contributed by atoms with E-state index in [1.165, 1.54) is 23.4 Å². The predicted molar refractivity (Wildman–Crippen MR) is 89.8 cm³/mol. The summed E-state index contributed by atoms with van der Waals surface area (Å²) in [4.78, 5) is 6.40. The Balaban J connectivity index is 2.31. The normalized spacial score (nSPS) is 22.3. The molecule has 120 valence electrons. The quantitative estimate of drug-likeness (QED) is 0.840. The summed E-state index contributed by atoms with van der Waals surface area (Å²) in [6, 6.07) is 0.458. The van der Waals surface area contributed by atoms with Crippen LogP contribution in [0.25, 0.3) is 0 Å². The zero-order valence-corrected chi connectivity index (χ0v) is 15.1. The lowest BCUT2D eigenvalue weighted by Gasteiger charge is -2.34. The topological polar surface area (TPSA) is 34.2 Å². The maximum Gasteiger partial charge on any atom is 0.122 e. The molecule has 1 heterocycles. The standard InChI is InChI=1S/C17H30N2OS/c1-7-8-18-12-9-17(4,5)10-13-15(12)21-16(19-13)14(20-6)11(2)3/h11-12,14,18H,7-10H2,1-6H3. The highest BCUT2D eigenvalue weighted by atomic mass is 32.1. The summed E-state index contributed by atoms with van der Waals surface area (Å²) in [6.07, 6.45) is 3.57. The van der Waals surface area contributed by atoms with Crippen molar-refractivity contribution in [3.8, 4) is 0 Å². The van der Waals surface area contributed by atoms with Gasteiger partial charge in [0.1, 0.15) is 11.1 Å². The second-order valence-corrected chi connectivity index (χ2v) is 8.38. The number of ether oxygens (including phenoxy) is 1. The number of aromatic nitrogens is 1. The van der Waals surface area contributed by atoms with Gasteiger partial charge in [-0.3, -0.25) is 0 Å². The number of hydrogen-bond donors (Lipinski definition) is 1. The largest absolute Gasteiger partial charge is 0.374 e. The molecule has 0 radical (unpaired) electrons. The minimum Gasteiger partial charge on any atom is -0.374 e. The van der Waals surface area contributed by atoms with Crippen LogP contribution in [0.3, 0.4) is 0 Å². The van der Waals surface area contributed by atoms with Crippen molar-refractivity contribution in [2.24, 2.45) is 11.3 Å². The Morgan fingerprint density at radius 1 is 1.43 bits per heavy atom. The van der Waals surface area contributed by atoms with E-state index in [1.807, 2.05) is 11.3 Å². The van der Waals surface area contributed by atoms with Crippen molar-refractivity contribution in [2.75, 3.05) is 13.7 Å². The Morgan fingerprint density at radius 3 is 2.71 bits per heavy atom. The van der Waals surface area contributed by atoms with E-state index >= 15 is 0 Å². The molecule has 2 atom stereocenters. The Bertz CT molecular complexity index is 467. The molecule has 1 aliphatic carbocycles. The summed E-state index contributed by atoms with van der Waals surface area (Å²) in [5, 5.41) is 4.86. The molecule has 2 rings (SSSR count). The number of fused-ring (bicyclic) bond motifs is 1. The first kappa shape index (κ1) is 16.9. The average Bonchev–Trinajstić information content (AvgIpc) is 2.78. The van der Waals surface area contributed by atoms with E-state index < -0.39 is 0 Å². The van der Waals surface area contributed by atoms with Gasteiger partial charge in [0.25, 0.3) is 0 Å². The van der Waals surface area contributed by atoms with E-state index in [2.05, 4.69) is 39.9 Å². The van der Waals surface area contributed by atoms with Gasteiger partial charge in [0.2, 0.25) is 0 Å². The first-order chi connectivity index (χ1) is 9.88. The molecule has 1 aromatic heterocycles. The molecule has 3 nitrogen and oxygen atoms in total. The van der Waals surface area contributed by atoms with Gasteiger partial charge < -0.3 is 10.1 Å². The maximum atomic E-state index is 5.67. The second kappa shape index (κ2) is 6.76. The monoisotopic (exact) mass is 310 g/mol. The zero-order valence-electron chi connectivity index (χ0n) is 14.3. The Kier molecular flexibility index (Phi) is 5.44. The lowest BCUT2D eigenvalue weighted by atomic mass is 9.76. The van der Waals surface area contributed by atoms with Crippen molar-refractivity contribution in [2.45, 2.75) is 66.0 Å². The van der Waals surface area contributed by atoms with Gasteiger partial charge in [0.15, 0.2) is 0 Å². The number of thiazole rings is 1. The molecule has 0 aromatic carbocycles. The minimum atomic E-state index is 0.121. The first-order valence-corrected chi connectivity index (χ1v) is 8.95. The van der Waals surface area contributed by atoms with Crippen LogP contribution in [0.1, 0.15) is 75.2 Å². The maximum absolute atomic E-state index is 5.67. The molecular weight excluding hydrogens is 280 g/mol. The van der Waals surface area contributed by atoms with Crippen LogP contribution >= 0.6 is 11.3 Å². The van der Waals surface area contributed by atoms with E-state index in [9.17, 15) is 0 Å². The van der Waals surface area contributed by atoms with Crippen molar-refractivity contribution in [3.63, 3.8) is 0 Å². The summed E-state index contributed by atoms with van der Waals surface area (Å²) in [6.45, 7) is 12.4. The molecule has 0 spiro atoms. The van der Waals surface area contributed by atoms with Crippen molar-refractivity contribution in [1.29, 1.82) is 0 Å². The van der Waals surface area contributed by atoms with Crippen LogP contribution in [0.15, 0.2) is 0 Å². The number of rotatable bonds is 6. The van der Waals surface area contributed by atoms with Gasteiger partial charge in [-0.05, 0) is 37.1 Å². The molecule has 0 aliphatic heterocycles. The lowest BCUT2D eigenvalue weighted by Crippen LogP contribution is -2.33. The highest BCUT2D eigenvalue weighted by Gasteiger charge is 2.35. The SMILES string of the molecule is CCCNC1CC(C)(C)Cc2nc(C(OC)C(C)C)sc21. The fraction of sp³-hybridized carbons (Fsp3) is 0.824.